The normalized spacial score (nSPS) is 20.5. The van der Waals surface area contributed by atoms with E-state index in [0.29, 0.717) is 32.2 Å². The van der Waals surface area contributed by atoms with Crippen LogP contribution in [0.1, 0.15) is 40.0 Å². The number of amides is 1. The van der Waals surface area contributed by atoms with E-state index in [0.717, 1.165) is 25.5 Å². The number of ether oxygens (including phenoxy) is 1. The van der Waals surface area contributed by atoms with Gasteiger partial charge in [0.05, 0.1) is 6.26 Å². The van der Waals surface area contributed by atoms with Gasteiger partial charge in [0.2, 0.25) is 10.0 Å². The summed E-state index contributed by atoms with van der Waals surface area (Å²) in [5.74, 6) is 0. The fourth-order valence-corrected chi connectivity index (χ4v) is 2.80. The highest BCUT2D eigenvalue weighted by Crippen LogP contribution is 2.15. The van der Waals surface area contributed by atoms with Crippen LogP contribution in [0.3, 0.4) is 0 Å². The van der Waals surface area contributed by atoms with Crippen LogP contribution >= 0.6 is 0 Å². The molecule has 1 aliphatic rings. The molecule has 0 saturated carbocycles. The monoisotopic (exact) mass is 335 g/mol. The average molecular weight is 335 g/mol. The molecule has 0 aromatic rings. The summed E-state index contributed by atoms with van der Waals surface area (Å²) in [6.07, 6.45) is 3.62. The summed E-state index contributed by atoms with van der Waals surface area (Å²) in [6, 6.07) is 0.300. The zero-order valence-corrected chi connectivity index (χ0v) is 14.8. The van der Waals surface area contributed by atoms with Gasteiger partial charge in [-0.25, -0.2) is 17.9 Å². The Morgan fingerprint density at radius 1 is 1.23 bits per heavy atom. The van der Waals surface area contributed by atoms with Crippen LogP contribution < -0.4 is 10.0 Å². The molecule has 1 amide bonds. The standard InChI is InChI=1S/C14H29N3O4S/c1-14(2,3)21-13(18)17-10-5-6-12(7-11-17)15-8-9-16-22(4,19)20/h12,15-16H,5-11H2,1-4H3. The molecule has 0 spiro atoms. The van der Waals surface area contributed by atoms with E-state index in [9.17, 15) is 13.2 Å². The van der Waals surface area contributed by atoms with Gasteiger partial charge in [-0.1, -0.05) is 0 Å². The summed E-state index contributed by atoms with van der Waals surface area (Å²) >= 11 is 0. The van der Waals surface area contributed by atoms with Crippen molar-refractivity contribution in [2.75, 3.05) is 32.4 Å². The number of carbonyl (C=O) groups excluding carboxylic acids is 1. The second-order valence-corrected chi connectivity index (χ2v) is 8.55. The van der Waals surface area contributed by atoms with Crippen LogP contribution in [0, 0.1) is 0 Å². The Hall–Kier alpha value is -0.860. The van der Waals surface area contributed by atoms with Crippen molar-refractivity contribution < 1.29 is 17.9 Å². The van der Waals surface area contributed by atoms with Gasteiger partial charge >= 0.3 is 6.09 Å². The largest absolute Gasteiger partial charge is 0.444 e. The molecule has 2 N–H and O–H groups in total. The van der Waals surface area contributed by atoms with Gasteiger partial charge < -0.3 is 15.0 Å². The summed E-state index contributed by atoms with van der Waals surface area (Å²) in [5.41, 5.74) is -0.474. The minimum atomic E-state index is -3.13. The number of nitrogens with zero attached hydrogens (tertiary/aromatic N) is 1. The lowest BCUT2D eigenvalue weighted by Gasteiger charge is -2.26. The summed E-state index contributed by atoms with van der Waals surface area (Å²) in [4.78, 5) is 13.8. The Kier molecular flexibility index (Phi) is 7.08. The molecule has 8 heteroatoms. The molecule has 130 valence electrons. The Labute approximate surface area is 133 Å². The molecule has 1 saturated heterocycles. The maximum atomic E-state index is 12.1. The third kappa shape index (κ3) is 8.55. The number of hydrogen-bond acceptors (Lipinski definition) is 5. The maximum Gasteiger partial charge on any atom is 0.410 e. The van der Waals surface area contributed by atoms with Gasteiger partial charge in [-0.15, -0.1) is 0 Å². The molecular weight excluding hydrogens is 306 g/mol. The molecule has 0 aliphatic carbocycles. The molecule has 1 heterocycles. The Bertz CT molecular complexity index is 459. The molecule has 0 bridgehead atoms. The molecule has 0 aromatic carbocycles. The van der Waals surface area contributed by atoms with Gasteiger partial charge in [0.1, 0.15) is 5.60 Å². The zero-order chi connectivity index (χ0) is 16.8. The SMILES string of the molecule is CC(C)(C)OC(=O)N1CCCC(NCCNS(C)(=O)=O)CC1. The first-order chi connectivity index (χ1) is 10.1. The van der Waals surface area contributed by atoms with Crippen molar-refractivity contribution in [1.82, 2.24) is 14.9 Å². The summed E-state index contributed by atoms with van der Waals surface area (Å²) in [6.45, 7) is 7.92. The van der Waals surface area contributed by atoms with Crippen molar-refractivity contribution in [3.63, 3.8) is 0 Å². The number of nitrogens with one attached hydrogen (secondary N) is 2. The first-order valence-electron chi connectivity index (χ1n) is 7.73. The maximum absolute atomic E-state index is 12.1. The number of rotatable bonds is 5. The van der Waals surface area contributed by atoms with Gasteiger partial charge in [0.25, 0.3) is 0 Å². The molecule has 1 rings (SSSR count). The Morgan fingerprint density at radius 3 is 2.50 bits per heavy atom. The molecule has 0 aromatic heterocycles. The summed E-state index contributed by atoms with van der Waals surface area (Å²) in [5, 5.41) is 3.34. The second-order valence-electron chi connectivity index (χ2n) is 6.72. The van der Waals surface area contributed by atoms with Crippen molar-refractivity contribution in [3.8, 4) is 0 Å². The average Bonchev–Trinajstić information content (AvgIpc) is 2.57. The topological polar surface area (TPSA) is 87.7 Å². The lowest BCUT2D eigenvalue weighted by Crippen LogP contribution is -2.39. The van der Waals surface area contributed by atoms with Crippen LogP contribution in [-0.4, -0.2) is 63.5 Å². The van der Waals surface area contributed by atoms with E-state index in [1.165, 1.54) is 0 Å². The molecule has 1 fully saturated rings. The van der Waals surface area contributed by atoms with E-state index in [4.69, 9.17) is 4.74 Å². The quantitative estimate of drug-likeness (QED) is 0.729. The first-order valence-corrected chi connectivity index (χ1v) is 9.62. The summed E-state index contributed by atoms with van der Waals surface area (Å²) < 4.78 is 29.8. The van der Waals surface area contributed by atoms with E-state index in [1.807, 2.05) is 20.8 Å². The zero-order valence-electron chi connectivity index (χ0n) is 14.0. The number of hydrogen-bond donors (Lipinski definition) is 2. The highest BCUT2D eigenvalue weighted by atomic mass is 32.2. The Morgan fingerprint density at radius 2 is 1.91 bits per heavy atom. The van der Waals surface area contributed by atoms with Gasteiger partial charge in [-0.05, 0) is 40.0 Å². The van der Waals surface area contributed by atoms with Crippen molar-refractivity contribution in [2.45, 2.75) is 51.7 Å². The summed E-state index contributed by atoms with van der Waals surface area (Å²) in [7, 11) is -3.13. The fraction of sp³-hybridized carbons (Fsp3) is 0.929. The lowest BCUT2D eigenvalue weighted by atomic mass is 10.1. The molecule has 0 radical (unpaired) electrons. The van der Waals surface area contributed by atoms with Crippen molar-refractivity contribution >= 4 is 16.1 Å². The predicted molar refractivity (Wildman–Crippen MR) is 86.3 cm³/mol. The van der Waals surface area contributed by atoms with E-state index in [-0.39, 0.29) is 6.09 Å². The first kappa shape index (κ1) is 19.2. The van der Waals surface area contributed by atoms with Crippen LogP contribution in [0.2, 0.25) is 0 Å². The Balaban J connectivity index is 2.32. The highest BCUT2D eigenvalue weighted by molar-refractivity contribution is 7.88. The van der Waals surface area contributed by atoms with Crippen LogP contribution in [0.15, 0.2) is 0 Å². The van der Waals surface area contributed by atoms with E-state index < -0.39 is 15.6 Å². The number of likely N-dealkylation sites (tertiary alicyclic amines) is 1. The number of sulfonamides is 1. The third-order valence-corrected chi connectivity index (χ3v) is 4.03. The molecule has 7 nitrogen and oxygen atoms in total. The molecule has 22 heavy (non-hydrogen) atoms. The second kappa shape index (κ2) is 8.12. The predicted octanol–water partition coefficient (Wildman–Crippen LogP) is 0.915. The van der Waals surface area contributed by atoms with E-state index in [2.05, 4.69) is 10.0 Å². The lowest BCUT2D eigenvalue weighted by molar-refractivity contribution is 0.0256. The van der Waals surface area contributed by atoms with E-state index in [1.54, 1.807) is 4.90 Å². The highest BCUT2D eigenvalue weighted by Gasteiger charge is 2.24. The minimum absolute atomic E-state index is 0.258. The molecule has 1 unspecified atom stereocenters. The number of carbonyl (C=O) groups is 1. The van der Waals surface area contributed by atoms with Crippen molar-refractivity contribution in [2.24, 2.45) is 0 Å². The fourth-order valence-electron chi connectivity index (χ4n) is 2.32. The smallest absolute Gasteiger partial charge is 0.410 e. The van der Waals surface area contributed by atoms with Gasteiger partial charge in [-0.3, -0.25) is 0 Å². The van der Waals surface area contributed by atoms with Crippen LogP contribution in [0.4, 0.5) is 4.79 Å². The van der Waals surface area contributed by atoms with Gasteiger partial charge in [0.15, 0.2) is 0 Å². The van der Waals surface area contributed by atoms with E-state index >= 15 is 0 Å². The molecular formula is C14H29N3O4S. The molecule has 1 aliphatic heterocycles. The van der Waals surface area contributed by atoms with Crippen LogP contribution in [-0.2, 0) is 14.8 Å². The van der Waals surface area contributed by atoms with Crippen molar-refractivity contribution in [1.29, 1.82) is 0 Å². The van der Waals surface area contributed by atoms with Crippen LogP contribution in [0.25, 0.3) is 0 Å². The molecule has 1 atom stereocenters. The van der Waals surface area contributed by atoms with Gasteiger partial charge in [-0.2, -0.15) is 0 Å². The van der Waals surface area contributed by atoms with Crippen molar-refractivity contribution in [3.05, 3.63) is 0 Å². The minimum Gasteiger partial charge on any atom is -0.444 e. The third-order valence-electron chi connectivity index (χ3n) is 3.30. The van der Waals surface area contributed by atoms with Gasteiger partial charge in [0, 0.05) is 32.2 Å². The van der Waals surface area contributed by atoms with Crippen LogP contribution in [0.5, 0.6) is 0 Å².